The fourth-order valence-electron chi connectivity index (χ4n) is 4.45. The van der Waals surface area contributed by atoms with Gasteiger partial charge in [-0.1, -0.05) is 16.9 Å². The molecule has 17 heteroatoms. The van der Waals surface area contributed by atoms with E-state index in [-0.39, 0.29) is 43.4 Å². The van der Waals surface area contributed by atoms with Gasteiger partial charge in [-0.15, -0.1) is 11.3 Å². The molecule has 3 atom stereocenters. The van der Waals surface area contributed by atoms with Crippen molar-refractivity contribution in [1.82, 2.24) is 19.8 Å². The van der Waals surface area contributed by atoms with Crippen LogP contribution in [-0.4, -0.2) is 105 Å². The Kier molecular flexibility index (Phi) is 7.96. The Bertz CT molecular complexity index is 1240. The molecule has 1 unspecified atom stereocenters. The molecule has 0 aromatic carbocycles. The molecule has 3 amide bonds. The molecule has 14 nitrogen and oxygen atoms in total. The lowest BCUT2D eigenvalue weighted by atomic mass is 9.90. The van der Waals surface area contributed by atoms with Crippen molar-refractivity contribution in [1.29, 1.82) is 0 Å². The summed E-state index contributed by atoms with van der Waals surface area (Å²) in [6.07, 6.45) is -0.275. The second kappa shape index (κ2) is 10.8. The highest BCUT2D eigenvalue weighted by Gasteiger charge is 2.66. The summed E-state index contributed by atoms with van der Waals surface area (Å²) in [7, 11) is 5.18. The van der Waals surface area contributed by atoms with Crippen LogP contribution in [0.15, 0.2) is 10.5 Å². The van der Waals surface area contributed by atoms with E-state index < -0.39 is 52.1 Å². The molecule has 39 heavy (non-hydrogen) atoms. The molecule has 3 saturated heterocycles. The molecule has 3 aliphatic heterocycles. The number of fused-ring (bicyclic) bond motifs is 1. The average molecular weight is 578 g/mol. The van der Waals surface area contributed by atoms with Crippen molar-refractivity contribution in [3.8, 4) is 0 Å². The van der Waals surface area contributed by atoms with Gasteiger partial charge in [0.05, 0.1) is 29.4 Å². The van der Waals surface area contributed by atoms with Gasteiger partial charge < -0.3 is 19.1 Å². The minimum Gasteiger partial charge on any atom is -0.541 e. The van der Waals surface area contributed by atoms with Crippen molar-refractivity contribution in [2.45, 2.75) is 50.0 Å². The third-order valence-electron chi connectivity index (χ3n) is 6.14. The Morgan fingerprint density at radius 3 is 2.56 bits per heavy atom. The number of thioether (sulfide) groups is 1. The van der Waals surface area contributed by atoms with Crippen LogP contribution in [0.3, 0.4) is 0 Å². The van der Waals surface area contributed by atoms with Crippen LogP contribution >= 0.6 is 23.1 Å². The van der Waals surface area contributed by atoms with Gasteiger partial charge in [0.2, 0.25) is 17.4 Å². The molecule has 0 bridgehead atoms. The predicted octanol–water partition coefficient (Wildman–Crippen LogP) is -0.0613. The highest BCUT2D eigenvalue weighted by Crippen LogP contribution is 2.53. The first-order valence-electron chi connectivity index (χ1n) is 11.9. The number of amides is 3. The Morgan fingerprint density at radius 2 is 2.00 bits per heavy atom. The normalized spacial score (nSPS) is 24.9. The molecule has 4 heterocycles. The molecule has 3 fully saturated rings. The maximum absolute atomic E-state index is 13.4. The Labute approximate surface area is 233 Å². The predicted molar refractivity (Wildman–Crippen MR) is 139 cm³/mol. The van der Waals surface area contributed by atoms with Crippen molar-refractivity contribution in [2.24, 2.45) is 16.9 Å². The van der Waals surface area contributed by atoms with Crippen molar-refractivity contribution >= 4 is 66.5 Å². The number of hydrogen-bond donors (Lipinski definition) is 1. The number of Topliss-reactive ketones (excluding diaryl/α,β-unsaturated/α-hetero) is 1. The highest BCUT2D eigenvalue weighted by molar-refractivity contribution is 8.02. The zero-order valence-electron chi connectivity index (χ0n) is 21.7. The molecule has 2 radical (unpaired) electrons. The fraction of sp³-hybridized carbons (Fsp3) is 0.591. The van der Waals surface area contributed by atoms with E-state index in [2.05, 4.69) is 14.8 Å². The molecule has 0 saturated carbocycles. The number of nitrogens with zero attached hydrogens (tertiary/aromatic N) is 5. The SMILES string of the molecule is [B]OC(=O)[C@@]1(N2CCN(N)C2=O)CN2C(=O)C(CC(=O)/C(=N\OCC(=O)OC(C)(C)C)c3csc(C)n3)[C@H]2S1. The van der Waals surface area contributed by atoms with Crippen LogP contribution in [0.4, 0.5) is 4.79 Å². The summed E-state index contributed by atoms with van der Waals surface area (Å²) in [6.45, 7) is 6.47. The van der Waals surface area contributed by atoms with E-state index in [1.807, 2.05) is 0 Å². The van der Waals surface area contributed by atoms with Gasteiger partial charge in [0.1, 0.15) is 11.3 Å². The second-order valence-corrected chi connectivity index (χ2v) is 12.5. The number of carbonyl (C=O) groups is 5. The van der Waals surface area contributed by atoms with Crippen LogP contribution in [-0.2, 0) is 33.4 Å². The molecular weight excluding hydrogens is 551 g/mol. The number of thiazole rings is 1. The minimum atomic E-state index is -1.60. The zero-order chi connectivity index (χ0) is 28.7. The van der Waals surface area contributed by atoms with Gasteiger partial charge in [-0.25, -0.2) is 20.4 Å². The minimum absolute atomic E-state index is 0.130. The third-order valence-corrected chi connectivity index (χ3v) is 8.65. The lowest BCUT2D eigenvalue weighted by Gasteiger charge is -2.40. The standard InChI is InChI=1S/C22H27BN6O8S2/c1-11-25-13(9-38-11)16(26-35-8-15(31)36-21(2,3)4)14(30)7-12-17(32)27-10-22(19(33)37-23,39-18(12)27)28-5-6-29(24)20(28)34/h9,12,18H,5-8,10,24H2,1-4H3/b26-16-/t12?,18-,22-/m1/s1. The molecule has 1 aromatic heterocycles. The van der Waals surface area contributed by atoms with Crippen molar-refractivity contribution in [2.75, 3.05) is 26.2 Å². The number of nitrogens with two attached hydrogens (primary N) is 1. The number of ether oxygens (including phenoxy) is 1. The molecule has 0 aliphatic carbocycles. The van der Waals surface area contributed by atoms with Crippen LogP contribution in [0.25, 0.3) is 0 Å². The maximum Gasteiger partial charge on any atom is 0.378 e. The monoisotopic (exact) mass is 578 g/mol. The number of aromatic nitrogens is 1. The van der Waals surface area contributed by atoms with E-state index in [1.54, 1.807) is 33.1 Å². The fourth-order valence-corrected chi connectivity index (χ4v) is 6.78. The molecule has 0 spiro atoms. The molecule has 4 rings (SSSR count). The largest absolute Gasteiger partial charge is 0.541 e. The number of hydrazine groups is 1. The molecule has 2 N–H and O–H groups in total. The summed E-state index contributed by atoms with van der Waals surface area (Å²) in [5.74, 6) is 2.36. The number of oxime groups is 1. The van der Waals surface area contributed by atoms with E-state index >= 15 is 0 Å². The van der Waals surface area contributed by atoms with Gasteiger partial charge in [0, 0.05) is 18.3 Å². The van der Waals surface area contributed by atoms with E-state index in [4.69, 9.17) is 23.5 Å². The number of hydrogen-bond acceptors (Lipinski definition) is 13. The number of rotatable bonds is 9. The van der Waals surface area contributed by atoms with Crippen molar-refractivity contribution < 1.29 is 38.2 Å². The van der Waals surface area contributed by atoms with Gasteiger partial charge in [-0.3, -0.25) is 24.3 Å². The molecule has 1 aromatic rings. The van der Waals surface area contributed by atoms with E-state index in [0.717, 1.165) is 16.8 Å². The number of β-lactam (4-membered cyclic amide) rings is 1. The average Bonchev–Trinajstić information content (AvgIpc) is 3.55. The van der Waals surface area contributed by atoms with Crippen LogP contribution in [0.5, 0.6) is 0 Å². The van der Waals surface area contributed by atoms with Gasteiger partial charge in [-0.05, 0) is 27.7 Å². The summed E-state index contributed by atoms with van der Waals surface area (Å²) >= 11 is 2.30. The lowest BCUT2D eigenvalue weighted by molar-refractivity contribution is -0.160. The number of esters is 1. The quantitative estimate of drug-likeness (QED) is 0.0791. The van der Waals surface area contributed by atoms with Gasteiger partial charge in [-0.2, -0.15) is 0 Å². The van der Waals surface area contributed by atoms with Gasteiger partial charge in [0.15, 0.2) is 11.5 Å². The summed E-state index contributed by atoms with van der Waals surface area (Å²) in [5.41, 5.74) is -0.641. The topological polar surface area (TPSA) is 174 Å². The number of ketones is 1. The van der Waals surface area contributed by atoms with Crippen molar-refractivity contribution in [3.63, 3.8) is 0 Å². The smallest absolute Gasteiger partial charge is 0.378 e. The van der Waals surface area contributed by atoms with Crippen molar-refractivity contribution in [3.05, 3.63) is 16.1 Å². The lowest BCUT2D eigenvalue weighted by Crippen LogP contribution is -2.60. The summed E-state index contributed by atoms with van der Waals surface area (Å²) in [5, 5.41) is 6.50. The second-order valence-electron chi connectivity index (χ2n) is 10.1. The highest BCUT2D eigenvalue weighted by atomic mass is 32.2. The number of aryl methyl sites for hydroxylation is 1. The first kappa shape index (κ1) is 28.8. The number of carbonyl (C=O) groups excluding carboxylic acids is 5. The van der Waals surface area contributed by atoms with Crippen LogP contribution < -0.4 is 5.84 Å². The van der Waals surface area contributed by atoms with Gasteiger partial charge >= 0.3 is 26.0 Å². The zero-order valence-corrected chi connectivity index (χ0v) is 23.4. The Hall–Kier alpha value is -3.18. The number of urea groups is 1. The van der Waals surface area contributed by atoms with Crippen LogP contribution in [0, 0.1) is 12.8 Å². The van der Waals surface area contributed by atoms with Gasteiger partial charge in [0.25, 0.3) is 0 Å². The van der Waals surface area contributed by atoms with E-state index in [9.17, 15) is 24.0 Å². The van der Waals surface area contributed by atoms with Crippen LogP contribution in [0.2, 0.25) is 0 Å². The summed E-state index contributed by atoms with van der Waals surface area (Å²) in [6, 6.07) is -0.606. The molecule has 208 valence electrons. The summed E-state index contributed by atoms with van der Waals surface area (Å²) < 4.78 is 9.68. The first-order valence-corrected chi connectivity index (χ1v) is 13.6. The first-order chi connectivity index (χ1) is 18.3. The maximum atomic E-state index is 13.4. The Balaban J connectivity index is 1.50. The van der Waals surface area contributed by atoms with E-state index in [0.29, 0.717) is 5.01 Å². The Morgan fingerprint density at radius 1 is 1.28 bits per heavy atom. The third kappa shape index (κ3) is 5.60. The molecular formula is C22H27BN6O8S2. The molecule has 3 aliphatic rings. The van der Waals surface area contributed by atoms with Crippen LogP contribution in [0.1, 0.15) is 37.9 Å². The van der Waals surface area contributed by atoms with E-state index in [1.165, 1.54) is 21.1 Å². The summed E-state index contributed by atoms with van der Waals surface area (Å²) in [4.78, 5) is 74.2.